The van der Waals surface area contributed by atoms with Gasteiger partial charge in [0, 0.05) is 28.7 Å². The molecule has 1 N–H and O–H groups in total. The van der Waals surface area contributed by atoms with E-state index in [9.17, 15) is 18.0 Å². The average Bonchev–Trinajstić information content (AvgIpc) is 2.95. The number of hydrogen-bond donors (Lipinski definition) is 1. The summed E-state index contributed by atoms with van der Waals surface area (Å²) in [5.41, 5.74) is 1.68. The molecular formula is C30H35Cl2N3O5S. The molecule has 0 aromatic heterocycles. The molecule has 0 saturated carbocycles. The number of sulfonamides is 1. The van der Waals surface area contributed by atoms with Crippen LogP contribution in [0.4, 0.5) is 5.69 Å². The maximum atomic E-state index is 14.0. The zero-order chi connectivity index (χ0) is 30.3. The highest BCUT2D eigenvalue weighted by Gasteiger charge is 2.33. The Labute approximate surface area is 252 Å². The van der Waals surface area contributed by atoms with Crippen molar-refractivity contribution in [2.24, 2.45) is 0 Å². The van der Waals surface area contributed by atoms with Crippen LogP contribution in [0.15, 0.2) is 71.6 Å². The molecule has 3 rings (SSSR count). The van der Waals surface area contributed by atoms with E-state index in [4.69, 9.17) is 27.9 Å². The fourth-order valence-electron chi connectivity index (χ4n) is 4.01. The van der Waals surface area contributed by atoms with Crippen LogP contribution in [0.25, 0.3) is 0 Å². The lowest BCUT2D eigenvalue weighted by atomic mass is 10.1. The normalized spacial score (nSPS) is 12.8. The molecule has 0 bridgehead atoms. The standard InChI is InChI=1S/C30H35Cl2N3O5S/c1-6-21(3)33-30(37)22(4)34(18-23-12-13-24(31)16-28(23)32)29(36)19-35(25-8-7-9-26(17-25)40-5)41(38,39)27-14-10-20(2)11-15-27/h7-17,21-22H,6,18-19H2,1-5H3,(H,33,37)/t21-,22+/m1/s1. The van der Waals surface area contributed by atoms with E-state index >= 15 is 0 Å². The van der Waals surface area contributed by atoms with E-state index in [0.717, 1.165) is 9.87 Å². The van der Waals surface area contributed by atoms with E-state index in [0.29, 0.717) is 27.8 Å². The summed E-state index contributed by atoms with van der Waals surface area (Å²) in [5, 5.41) is 3.65. The summed E-state index contributed by atoms with van der Waals surface area (Å²) >= 11 is 12.5. The summed E-state index contributed by atoms with van der Waals surface area (Å²) in [4.78, 5) is 28.6. The molecule has 3 aromatic carbocycles. The molecule has 3 aromatic rings. The van der Waals surface area contributed by atoms with Gasteiger partial charge in [0.2, 0.25) is 11.8 Å². The number of rotatable bonds is 12. The Balaban J connectivity index is 2.07. The van der Waals surface area contributed by atoms with Crippen LogP contribution in [0, 0.1) is 6.92 Å². The molecule has 2 atom stereocenters. The van der Waals surface area contributed by atoms with Crippen molar-refractivity contribution in [3.63, 3.8) is 0 Å². The molecular weight excluding hydrogens is 585 g/mol. The van der Waals surface area contributed by atoms with E-state index < -0.39 is 28.5 Å². The first-order valence-corrected chi connectivity index (χ1v) is 15.3. The Morgan fingerprint density at radius 1 is 1.00 bits per heavy atom. The summed E-state index contributed by atoms with van der Waals surface area (Å²) in [6.45, 7) is 6.64. The molecule has 0 fully saturated rings. The number of halogens is 2. The van der Waals surface area contributed by atoms with Crippen molar-refractivity contribution in [2.45, 2.75) is 57.6 Å². The molecule has 11 heteroatoms. The highest BCUT2D eigenvalue weighted by atomic mass is 35.5. The first-order chi connectivity index (χ1) is 19.4. The van der Waals surface area contributed by atoms with Gasteiger partial charge in [0.15, 0.2) is 0 Å². The minimum absolute atomic E-state index is 0.0218. The third-order valence-corrected chi connectivity index (χ3v) is 9.13. The lowest BCUT2D eigenvalue weighted by Gasteiger charge is -2.32. The van der Waals surface area contributed by atoms with Gasteiger partial charge in [0.25, 0.3) is 10.0 Å². The molecule has 0 heterocycles. The van der Waals surface area contributed by atoms with Crippen LogP contribution in [0.5, 0.6) is 5.75 Å². The Kier molecular flexibility index (Phi) is 11.1. The molecule has 220 valence electrons. The number of ether oxygens (including phenoxy) is 1. The van der Waals surface area contributed by atoms with Crippen LogP contribution >= 0.6 is 23.2 Å². The van der Waals surface area contributed by atoms with Crippen LogP contribution in [-0.2, 0) is 26.2 Å². The third-order valence-electron chi connectivity index (χ3n) is 6.75. The third kappa shape index (κ3) is 8.15. The number of carbonyl (C=O) groups excluding carboxylic acids is 2. The molecule has 0 radical (unpaired) electrons. The number of nitrogens with one attached hydrogen (secondary N) is 1. The fourth-order valence-corrected chi connectivity index (χ4v) is 5.89. The van der Waals surface area contributed by atoms with E-state index in [1.807, 2.05) is 20.8 Å². The zero-order valence-corrected chi connectivity index (χ0v) is 26.1. The second-order valence-corrected chi connectivity index (χ2v) is 12.5. The monoisotopic (exact) mass is 619 g/mol. The van der Waals surface area contributed by atoms with E-state index in [2.05, 4.69) is 5.32 Å². The highest BCUT2D eigenvalue weighted by molar-refractivity contribution is 7.92. The molecule has 0 saturated heterocycles. The number of amides is 2. The van der Waals surface area contributed by atoms with Crippen molar-refractivity contribution < 1.29 is 22.7 Å². The van der Waals surface area contributed by atoms with Crippen molar-refractivity contribution in [1.82, 2.24) is 10.2 Å². The number of carbonyl (C=O) groups is 2. The zero-order valence-electron chi connectivity index (χ0n) is 23.7. The van der Waals surface area contributed by atoms with Gasteiger partial charge in [-0.25, -0.2) is 8.42 Å². The maximum absolute atomic E-state index is 14.0. The molecule has 0 aliphatic rings. The van der Waals surface area contributed by atoms with E-state index in [1.54, 1.807) is 61.5 Å². The lowest BCUT2D eigenvalue weighted by Crippen LogP contribution is -2.52. The summed E-state index contributed by atoms with van der Waals surface area (Å²) in [6.07, 6.45) is 0.702. The SMILES string of the molecule is CC[C@@H](C)NC(=O)[C@H](C)N(Cc1ccc(Cl)cc1Cl)C(=O)CN(c1cccc(OC)c1)S(=O)(=O)c1ccc(C)cc1. The van der Waals surface area contributed by atoms with Gasteiger partial charge >= 0.3 is 0 Å². The highest BCUT2D eigenvalue weighted by Crippen LogP contribution is 2.28. The van der Waals surface area contributed by atoms with Gasteiger partial charge in [-0.2, -0.15) is 0 Å². The average molecular weight is 621 g/mol. The van der Waals surface area contributed by atoms with Crippen LogP contribution in [0.3, 0.4) is 0 Å². The fraction of sp³-hybridized carbons (Fsp3) is 0.333. The molecule has 41 heavy (non-hydrogen) atoms. The summed E-state index contributed by atoms with van der Waals surface area (Å²) in [7, 11) is -2.72. The minimum atomic E-state index is -4.19. The number of hydrogen-bond acceptors (Lipinski definition) is 5. The Morgan fingerprint density at radius 3 is 2.29 bits per heavy atom. The van der Waals surface area contributed by atoms with Gasteiger partial charge in [-0.05, 0) is 69.2 Å². The Hall–Kier alpha value is -3.27. The van der Waals surface area contributed by atoms with Gasteiger partial charge in [0.05, 0.1) is 17.7 Å². The van der Waals surface area contributed by atoms with Crippen molar-refractivity contribution in [2.75, 3.05) is 18.0 Å². The number of anilines is 1. The molecule has 0 aliphatic heterocycles. The lowest BCUT2D eigenvalue weighted by molar-refractivity contribution is -0.139. The molecule has 2 amide bonds. The number of nitrogens with zero attached hydrogens (tertiary/aromatic N) is 2. The van der Waals surface area contributed by atoms with Gasteiger partial charge in [0.1, 0.15) is 18.3 Å². The maximum Gasteiger partial charge on any atom is 0.264 e. The van der Waals surface area contributed by atoms with Crippen molar-refractivity contribution in [3.05, 3.63) is 87.9 Å². The Bertz CT molecular complexity index is 1480. The summed E-state index contributed by atoms with van der Waals surface area (Å²) in [6, 6.07) is 16.6. The molecule has 0 aliphatic carbocycles. The van der Waals surface area contributed by atoms with E-state index in [1.165, 1.54) is 24.1 Å². The number of aryl methyl sites for hydroxylation is 1. The largest absolute Gasteiger partial charge is 0.497 e. The predicted octanol–water partition coefficient (Wildman–Crippen LogP) is 5.84. The van der Waals surface area contributed by atoms with Crippen LogP contribution < -0.4 is 14.4 Å². The predicted molar refractivity (Wildman–Crippen MR) is 163 cm³/mol. The molecule has 8 nitrogen and oxygen atoms in total. The van der Waals surface area contributed by atoms with E-state index in [-0.39, 0.29) is 29.1 Å². The van der Waals surface area contributed by atoms with Gasteiger partial charge in [-0.15, -0.1) is 0 Å². The van der Waals surface area contributed by atoms with Crippen LogP contribution in [-0.4, -0.2) is 50.9 Å². The molecule has 0 unspecified atom stereocenters. The minimum Gasteiger partial charge on any atom is -0.497 e. The molecule has 0 spiro atoms. The van der Waals surface area contributed by atoms with Crippen molar-refractivity contribution >= 4 is 50.7 Å². The van der Waals surface area contributed by atoms with Gasteiger partial charge in [-0.3, -0.25) is 13.9 Å². The summed E-state index contributed by atoms with van der Waals surface area (Å²) < 4.78 is 34.2. The second kappa shape index (κ2) is 14.1. The van der Waals surface area contributed by atoms with Gasteiger partial charge in [-0.1, -0.05) is 60.0 Å². The second-order valence-electron chi connectivity index (χ2n) is 9.78. The number of benzene rings is 3. The quantitative estimate of drug-likeness (QED) is 0.275. The first kappa shape index (κ1) is 32.2. The summed E-state index contributed by atoms with van der Waals surface area (Å²) in [5.74, 6) is -0.543. The first-order valence-electron chi connectivity index (χ1n) is 13.1. The van der Waals surface area contributed by atoms with Crippen molar-refractivity contribution in [1.29, 1.82) is 0 Å². The van der Waals surface area contributed by atoms with Crippen molar-refractivity contribution in [3.8, 4) is 5.75 Å². The van der Waals surface area contributed by atoms with Crippen LogP contribution in [0.2, 0.25) is 10.0 Å². The Morgan fingerprint density at radius 2 is 1.68 bits per heavy atom. The number of methoxy groups -OCH3 is 1. The smallest absolute Gasteiger partial charge is 0.264 e. The van der Waals surface area contributed by atoms with Crippen LogP contribution in [0.1, 0.15) is 38.3 Å². The van der Waals surface area contributed by atoms with Gasteiger partial charge < -0.3 is 15.0 Å². The topological polar surface area (TPSA) is 96.0 Å².